The van der Waals surface area contributed by atoms with Crippen LogP contribution in [0.25, 0.3) is 5.69 Å². The number of aryl methyl sites for hydroxylation is 1. The fourth-order valence-corrected chi connectivity index (χ4v) is 5.29. The average Bonchev–Trinajstić information content (AvgIpc) is 3.37. The molecule has 0 aliphatic heterocycles. The van der Waals surface area contributed by atoms with Crippen molar-refractivity contribution in [1.29, 1.82) is 0 Å². The summed E-state index contributed by atoms with van der Waals surface area (Å²) >= 11 is 12.9. The lowest BCUT2D eigenvalue weighted by Gasteiger charge is -2.23. The van der Waals surface area contributed by atoms with Crippen LogP contribution in [0.1, 0.15) is 51.2 Å². The number of benzene rings is 2. The van der Waals surface area contributed by atoms with Gasteiger partial charge in [-0.15, -0.1) is 5.10 Å². The van der Waals surface area contributed by atoms with Crippen molar-refractivity contribution in [3.63, 3.8) is 0 Å². The molecule has 1 aliphatic rings. The lowest BCUT2D eigenvalue weighted by atomic mass is 9.80. The Bertz CT molecular complexity index is 1440. The highest BCUT2D eigenvalue weighted by Crippen LogP contribution is 2.66. The molecule has 10 heteroatoms. The van der Waals surface area contributed by atoms with Gasteiger partial charge in [-0.05, 0) is 60.6 Å². The summed E-state index contributed by atoms with van der Waals surface area (Å²) < 4.78 is 6.95. The van der Waals surface area contributed by atoms with E-state index in [-0.39, 0.29) is 38.5 Å². The Kier molecular flexibility index (Phi) is 6.32. The standard InChI is InChI=1S/C25H26Cl2N4O4/c1-5-6-19(32)25(12-24(25,3)4)16-11-15(8-7-13(16)2)35-20-17(26)9-14(10-18(20)27)31-23(34)29-22(33)21(28)30-31/h7-11H,5-6,12H2,1-4H3,(H2,28,30)(H,29,33,34). The Balaban J connectivity index is 1.72. The van der Waals surface area contributed by atoms with Crippen LogP contribution in [0.15, 0.2) is 39.9 Å². The highest BCUT2D eigenvalue weighted by molar-refractivity contribution is 6.37. The maximum absolute atomic E-state index is 13.2. The number of nitrogen functional groups attached to an aromatic ring is 1. The third-order valence-electron chi connectivity index (χ3n) is 6.66. The number of aromatic amines is 1. The van der Waals surface area contributed by atoms with Crippen molar-refractivity contribution in [3.8, 4) is 17.2 Å². The van der Waals surface area contributed by atoms with E-state index in [0.29, 0.717) is 12.2 Å². The van der Waals surface area contributed by atoms with Gasteiger partial charge in [0, 0.05) is 6.42 Å². The summed E-state index contributed by atoms with van der Waals surface area (Å²) in [6.07, 6.45) is 2.10. The smallest absolute Gasteiger partial charge is 0.349 e. The number of hydrogen-bond donors (Lipinski definition) is 2. The molecule has 8 nitrogen and oxygen atoms in total. The van der Waals surface area contributed by atoms with Crippen molar-refractivity contribution in [2.75, 3.05) is 5.73 Å². The second-order valence-electron chi connectivity index (χ2n) is 9.51. The first kappa shape index (κ1) is 25.0. The first-order valence-electron chi connectivity index (χ1n) is 11.2. The largest absolute Gasteiger partial charge is 0.454 e. The molecule has 1 fully saturated rings. The van der Waals surface area contributed by atoms with Crippen molar-refractivity contribution in [3.05, 3.63) is 72.3 Å². The van der Waals surface area contributed by atoms with Crippen LogP contribution in [0.3, 0.4) is 0 Å². The number of nitrogens with two attached hydrogens (primary N) is 1. The highest BCUT2D eigenvalue weighted by atomic mass is 35.5. The number of aromatic nitrogens is 3. The molecule has 1 aliphatic carbocycles. The number of Topliss-reactive ketones (excluding diaryl/α,β-unsaturated/α-hetero) is 1. The molecule has 0 spiro atoms. The van der Waals surface area contributed by atoms with E-state index in [1.807, 2.05) is 26.0 Å². The van der Waals surface area contributed by atoms with Gasteiger partial charge in [-0.1, -0.05) is 50.0 Å². The predicted molar refractivity (Wildman–Crippen MR) is 136 cm³/mol. The molecule has 3 N–H and O–H groups in total. The lowest BCUT2D eigenvalue weighted by Crippen LogP contribution is -2.33. The Morgan fingerprint density at radius 1 is 1.20 bits per heavy atom. The van der Waals surface area contributed by atoms with Gasteiger partial charge in [-0.2, -0.15) is 4.68 Å². The number of ketones is 1. The number of nitrogens with one attached hydrogen (secondary N) is 1. The molecule has 1 heterocycles. The molecular formula is C25H26Cl2N4O4. The van der Waals surface area contributed by atoms with Gasteiger partial charge >= 0.3 is 5.69 Å². The van der Waals surface area contributed by atoms with Gasteiger partial charge in [-0.25, -0.2) is 4.79 Å². The van der Waals surface area contributed by atoms with Crippen molar-refractivity contribution in [2.45, 2.75) is 52.4 Å². The van der Waals surface area contributed by atoms with Gasteiger partial charge < -0.3 is 10.5 Å². The zero-order valence-electron chi connectivity index (χ0n) is 19.9. The second kappa shape index (κ2) is 8.84. The van der Waals surface area contributed by atoms with Crippen LogP contribution in [0.5, 0.6) is 11.5 Å². The molecular weight excluding hydrogens is 491 g/mol. The summed E-state index contributed by atoms with van der Waals surface area (Å²) in [5.41, 5.74) is 5.44. The summed E-state index contributed by atoms with van der Waals surface area (Å²) in [5.74, 6) is 0.529. The molecule has 2 aromatic carbocycles. The summed E-state index contributed by atoms with van der Waals surface area (Å²) in [4.78, 5) is 38.9. The summed E-state index contributed by atoms with van der Waals surface area (Å²) in [6, 6.07) is 8.46. The molecule has 0 saturated heterocycles. The first-order chi connectivity index (χ1) is 16.4. The quantitative estimate of drug-likeness (QED) is 0.458. The number of carbonyl (C=O) groups excluding carboxylic acids is 1. The van der Waals surface area contributed by atoms with Crippen molar-refractivity contribution < 1.29 is 9.53 Å². The molecule has 35 heavy (non-hydrogen) atoms. The summed E-state index contributed by atoms with van der Waals surface area (Å²) in [6.45, 7) is 8.22. The van der Waals surface area contributed by atoms with Gasteiger partial charge in [0.2, 0.25) is 5.82 Å². The van der Waals surface area contributed by atoms with Crippen molar-refractivity contribution in [1.82, 2.24) is 14.8 Å². The Hall–Kier alpha value is -3.10. The highest BCUT2D eigenvalue weighted by Gasteiger charge is 2.66. The number of H-pyrrole nitrogens is 1. The maximum atomic E-state index is 13.2. The van der Waals surface area contributed by atoms with Crippen molar-refractivity contribution >= 4 is 34.8 Å². The minimum Gasteiger partial charge on any atom is -0.454 e. The Morgan fingerprint density at radius 2 is 1.83 bits per heavy atom. The topological polar surface area (TPSA) is 120 Å². The second-order valence-corrected chi connectivity index (χ2v) is 10.3. The first-order valence-corrected chi connectivity index (χ1v) is 12.0. The molecule has 1 saturated carbocycles. The molecule has 1 unspecified atom stereocenters. The van der Waals surface area contributed by atoms with E-state index in [4.69, 9.17) is 33.7 Å². The number of nitrogens with zero attached hydrogens (tertiary/aromatic N) is 2. The van der Waals surface area contributed by atoms with Gasteiger partial charge in [0.1, 0.15) is 11.5 Å². The van der Waals surface area contributed by atoms with E-state index in [2.05, 4.69) is 23.9 Å². The van der Waals surface area contributed by atoms with Crippen molar-refractivity contribution in [2.24, 2.45) is 5.41 Å². The zero-order valence-corrected chi connectivity index (χ0v) is 21.4. The number of anilines is 1. The Morgan fingerprint density at radius 3 is 2.40 bits per heavy atom. The van der Waals surface area contributed by atoms with Crippen LogP contribution in [0.2, 0.25) is 10.0 Å². The number of rotatable bonds is 7. The van der Waals surface area contributed by atoms with E-state index in [1.165, 1.54) is 12.1 Å². The minimum atomic E-state index is -0.790. The number of hydrogen-bond acceptors (Lipinski definition) is 6. The SMILES string of the molecule is CCCC(=O)C1(c2cc(Oc3c(Cl)cc(-n4nc(N)c(=O)[nH]c4=O)cc3Cl)ccc2C)CC1(C)C. The maximum Gasteiger partial charge on any atom is 0.349 e. The molecule has 4 rings (SSSR count). The molecule has 1 aromatic heterocycles. The number of ether oxygens (including phenoxy) is 1. The minimum absolute atomic E-state index is 0.122. The van der Waals surface area contributed by atoms with Crippen LogP contribution in [-0.4, -0.2) is 20.5 Å². The van der Waals surface area contributed by atoms with Gasteiger partial charge in [0.05, 0.1) is 21.1 Å². The van der Waals surface area contributed by atoms with Crippen LogP contribution >= 0.6 is 23.2 Å². The van der Waals surface area contributed by atoms with Gasteiger partial charge in [0.25, 0.3) is 5.56 Å². The fraction of sp³-hybridized carbons (Fsp3) is 0.360. The van der Waals surface area contributed by atoms with Crippen LogP contribution in [-0.2, 0) is 10.2 Å². The van der Waals surface area contributed by atoms with E-state index in [0.717, 1.165) is 28.7 Å². The van der Waals surface area contributed by atoms with Crippen LogP contribution < -0.4 is 21.7 Å². The monoisotopic (exact) mass is 516 g/mol. The third-order valence-corrected chi connectivity index (χ3v) is 7.22. The van der Waals surface area contributed by atoms with Gasteiger partial charge in [-0.3, -0.25) is 14.6 Å². The molecule has 184 valence electrons. The van der Waals surface area contributed by atoms with Crippen LogP contribution in [0, 0.1) is 12.3 Å². The van der Waals surface area contributed by atoms with Gasteiger partial charge in [0.15, 0.2) is 5.75 Å². The Labute approximate surface area is 212 Å². The zero-order chi connectivity index (χ0) is 25.7. The molecule has 3 aromatic rings. The molecule has 0 amide bonds. The van der Waals surface area contributed by atoms with E-state index >= 15 is 0 Å². The molecule has 0 bridgehead atoms. The summed E-state index contributed by atoms with van der Waals surface area (Å²) in [7, 11) is 0. The van der Waals surface area contributed by atoms with E-state index in [1.54, 1.807) is 6.07 Å². The summed E-state index contributed by atoms with van der Waals surface area (Å²) in [5, 5.41) is 4.03. The van der Waals surface area contributed by atoms with Crippen LogP contribution in [0.4, 0.5) is 5.82 Å². The number of carbonyl (C=O) groups is 1. The van der Waals surface area contributed by atoms with E-state index < -0.39 is 16.7 Å². The lowest BCUT2D eigenvalue weighted by molar-refractivity contribution is -0.122. The molecule has 0 radical (unpaired) electrons. The predicted octanol–water partition coefficient (Wildman–Crippen LogP) is 4.95. The fourth-order valence-electron chi connectivity index (χ4n) is 4.74. The average molecular weight is 517 g/mol. The normalized spacial score (nSPS) is 18.3. The molecule has 1 atom stereocenters. The number of halogens is 2. The third kappa shape index (κ3) is 4.25. The van der Waals surface area contributed by atoms with E-state index in [9.17, 15) is 14.4 Å².